The highest BCUT2D eigenvalue weighted by Crippen LogP contribution is 2.33. The van der Waals surface area contributed by atoms with Crippen LogP contribution in [0.5, 0.6) is 11.5 Å². The van der Waals surface area contributed by atoms with Crippen molar-refractivity contribution in [3.8, 4) is 11.5 Å². The first-order valence-corrected chi connectivity index (χ1v) is 9.80. The molecule has 2 heterocycles. The fourth-order valence-electron chi connectivity index (χ4n) is 2.84. The lowest BCUT2D eigenvalue weighted by Gasteiger charge is -2.11. The van der Waals surface area contributed by atoms with Crippen LogP contribution in [0.2, 0.25) is 0 Å². The van der Waals surface area contributed by atoms with Crippen molar-refractivity contribution in [3.63, 3.8) is 0 Å². The van der Waals surface area contributed by atoms with E-state index in [1.54, 1.807) is 36.4 Å². The first kappa shape index (κ1) is 19.5. The minimum Gasteiger partial charge on any atom is -0.490 e. The van der Waals surface area contributed by atoms with Crippen molar-refractivity contribution in [1.82, 2.24) is 9.97 Å². The van der Waals surface area contributed by atoms with Crippen LogP contribution < -0.4 is 9.47 Å². The molecule has 5 nitrogen and oxygen atoms in total. The van der Waals surface area contributed by atoms with Gasteiger partial charge in [0.2, 0.25) is 5.82 Å². The summed E-state index contributed by atoms with van der Waals surface area (Å²) in [6, 6.07) is 11.3. The van der Waals surface area contributed by atoms with Gasteiger partial charge in [0, 0.05) is 17.4 Å². The minimum absolute atomic E-state index is 0.0715. The molecule has 0 N–H and O–H groups in total. The van der Waals surface area contributed by atoms with Crippen LogP contribution in [0.25, 0.3) is 10.9 Å². The Hall–Kier alpha value is -2.81. The monoisotopic (exact) mass is 420 g/mol. The van der Waals surface area contributed by atoms with Crippen molar-refractivity contribution in [1.29, 1.82) is 0 Å². The molecule has 1 aliphatic heterocycles. The van der Waals surface area contributed by atoms with Gasteiger partial charge in [0.25, 0.3) is 0 Å². The zero-order valence-electron chi connectivity index (χ0n) is 15.0. The third-order valence-electron chi connectivity index (χ3n) is 4.23. The quantitative estimate of drug-likeness (QED) is 0.344. The number of aromatic nitrogens is 2. The molecule has 0 aliphatic carbocycles. The Kier molecular flexibility index (Phi) is 5.31. The molecule has 0 amide bonds. The van der Waals surface area contributed by atoms with Crippen molar-refractivity contribution in [2.45, 2.75) is 17.6 Å². The topological polar surface area (TPSA) is 61.3 Å². The molecule has 150 valence electrons. The van der Waals surface area contributed by atoms with Crippen LogP contribution in [-0.4, -0.2) is 34.7 Å². The smallest absolute Gasteiger partial charge is 0.451 e. The number of Topliss-reactive ketones (excluding diaryl/α,β-unsaturated/α-hetero) is 1. The van der Waals surface area contributed by atoms with Crippen LogP contribution in [0, 0.1) is 0 Å². The Bertz CT molecular complexity index is 1070. The summed E-state index contributed by atoms with van der Waals surface area (Å²) in [4.78, 5) is 19.9. The van der Waals surface area contributed by atoms with Crippen LogP contribution in [0.15, 0.2) is 47.5 Å². The number of thioether (sulfide) groups is 1. The van der Waals surface area contributed by atoms with Gasteiger partial charge in [0.05, 0.1) is 24.5 Å². The highest BCUT2D eigenvalue weighted by atomic mass is 32.2. The van der Waals surface area contributed by atoms with Crippen LogP contribution in [0.4, 0.5) is 13.2 Å². The fraction of sp³-hybridized carbons (Fsp3) is 0.250. The third-order valence-corrected chi connectivity index (χ3v) is 5.22. The zero-order chi connectivity index (χ0) is 20.4. The van der Waals surface area contributed by atoms with Crippen LogP contribution in [-0.2, 0) is 6.18 Å². The van der Waals surface area contributed by atoms with Gasteiger partial charge in [0.1, 0.15) is 5.03 Å². The number of carbonyl (C=O) groups is 1. The molecule has 9 heteroatoms. The summed E-state index contributed by atoms with van der Waals surface area (Å²) in [5.41, 5.74) is 0.580. The van der Waals surface area contributed by atoms with E-state index < -0.39 is 12.0 Å². The van der Waals surface area contributed by atoms with E-state index in [1.807, 2.05) is 0 Å². The predicted octanol–water partition coefficient (Wildman–Crippen LogP) is 4.78. The fourth-order valence-corrected chi connectivity index (χ4v) is 3.75. The molecule has 0 fully saturated rings. The van der Waals surface area contributed by atoms with Crippen molar-refractivity contribution < 1.29 is 27.4 Å². The highest BCUT2D eigenvalue weighted by Gasteiger charge is 2.35. The van der Waals surface area contributed by atoms with Gasteiger partial charge in [-0.2, -0.15) is 13.2 Å². The average molecular weight is 420 g/mol. The second-order valence-electron chi connectivity index (χ2n) is 6.29. The van der Waals surface area contributed by atoms with E-state index in [-0.39, 0.29) is 22.1 Å². The van der Waals surface area contributed by atoms with Gasteiger partial charge in [-0.1, -0.05) is 30.0 Å². The van der Waals surface area contributed by atoms with Gasteiger partial charge >= 0.3 is 6.18 Å². The van der Waals surface area contributed by atoms with E-state index in [0.717, 1.165) is 18.2 Å². The number of ketones is 1. The number of benzene rings is 2. The number of alkyl halides is 3. The standard InChI is InChI=1S/C20H15F3N2O3S/c21-20(22,23)19-24-14-5-2-1-4-13(14)18(25-19)29-11-15(26)12-6-7-16-17(10-12)28-9-3-8-27-16/h1-2,4-7,10H,3,8-9,11H2. The number of carbonyl (C=O) groups excluding carboxylic acids is 1. The Morgan fingerprint density at radius 1 is 1.03 bits per heavy atom. The summed E-state index contributed by atoms with van der Waals surface area (Å²) in [7, 11) is 0. The van der Waals surface area contributed by atoms with Crippen LogP contribution >= 0.6 is 11.8 Å². The highest BCUT2D eigenvalue weighted by molar-refractivity contribution is 8.00. The third kappa shape index (κ3) is 4.29. The second-order valence-corrected chi connectivity index (χ2v) is 7.26. The number of hydrogen-bond donors (Lipinski definition) is 0. The molecule has 1 aliphatic rings. The van der Waals surface area contributed by atoms with Gasteiger partial charge in [-0.05, 0) is 24.3 Å². The Labute approximate surface area is 168 Å². The lowest BCUT2D eigenvalue weighted by Crippen LogP contribution is -2.12. The molecule has 2 aromatic carbocycles. The normalized spacial score (nSPS) is 13.9. The Balaban J connectivity index is 1.58. The number of fused-ring (bicyclic) bond motifs is 2. The van der Waals surface area contributed by atoms with Crippen molar-refractivity contribution in [2.75, 3.05) is 19.0 Å². The molecule has 0 spiro atoms. The van der Waals surface area contributed by atoms with E-state index in [2.05, 4.69) is 9.97 Å². The number of hydrogen-bond acceptors (Lipinski definition) is 6. The number of rotatable bonds is 4. The maximum absolute atomic E-state index is 13.1. The summed E-state index contributed by atoms with van der Waals surface area (Å²) in [6.07, 6.45) is -3.92. The molecule has 4 rings (SSSR count). The number of ether oxygens (including phenoxy) is 2. The summed E-state index contributed by atoms with van der Waals surface area (Å²) >= 11 is 0.952. The van der Waals surface area contributed by atoms with E-state index in [1.165, 1.54) is 6.07 Å². The van der Waals surface area contributed by atoms with E-state index in [0.29, 0.717) is 35.7 Å². The average Bonchev–Trinajstić information content (AvgIpc) is 2.95. The van der Waals surface area contributed by atoms with Crippen LogP contribution in [0.1, 0.15) is 22.6 Å². The molecule has 1 aromatic heterocycles. The molecule has 0 atom stereocenters. The Morgan fingerprint density at radius 3 is 2.59 bits per heavy atom. The summed E-state index contributed by atoms with van der Waals surface area (Å²) in [6.45, 7) is 1.03. The van der Waals surface area contributed by atoms with Crippen LogP contribution in [0.3, 0.4) is 0 Å². The second kappa shape index (κ2) is 7.90. The number of halogens is 3. The van der Waals surface area contributed by atoms with Gasteiger partial charge < -0.3 is 9.47 Å². The van der Waals surface area contributed by atoms with Gasteiger partial charge in [-0.15, -0.1) is 0 Å². The molecule has 0 unspecified atom stereocenters. The first-order chi connectivity index (χ1) is 13.9. The lowest BCUT2D eigenvalue weighted by molar-refractivity contribution is -0.145. The van der Waals surface area contributed by atoms with Crippen molar-refractivity contribution >= 4 is 28.4 Å². The summed E-state index contributed by atoms with van der Waals surface area (Å²) < 4.78 is 50.5. The summed E-state index contributed by atoms with van der Waals surface area (Å²) in [5, 5.41) is 0.586. The molecule has 0 saturated carbocycles. The molecule has 0 radical (unpaired) electrons. The SMILES string of the molecule is O=C(CSc1nc(C(F)(F)F)nc2ccccc12)c1ccc2c(c1)OCCCO2. The molecule has 0 saturated heterocycles. The maximum atomic E-state index is 13.1. The largest absolute Gasteiger partial charge is 0.490 e. The van der Waals surface area contributed by atoms with E-state index in [9.17, 15) is 18.0 Å². The predicted molar refractivity (Wildman–Crippen MR) is 102 cm³/mol. The minimum atomic E-state index is -4.67. The summed E-state index contributed by atoms with van der Waals surface area (Å²) in [5.74, 6) is -0.477. The number of nitrogens with zero attached hydrogens (tertiary/aromatic N) is 2. The van der Waals surface area contributed by atoms with Gasteiger partial charge in [-0.3, -0.25) is 4.79 Å². The van der Waals surface area contributed by atoms with Gasteiger partial charge in [0.15, 0.2) is 17.3 Å². The lowest BCUT2D eigenvalue weighted by atomic mass is 10.1. The molecular formula is C20H15F3N2O3S. The maximum Gasteiger partial charge on any atom is 0.451 e. The molecular weight excluding hydrogens is 405 g/mol. The van der Waals surface area contributed by atoms with Gasteiger partial charge in [-0.25, -0.2) is 9.97 Å². The Morgan fingerprint density at radius 2 is 1.79 bits per heavy atom. The first-order valence-electron chi connectivity index (χ1n) is 8.81. The molecule has 0 bridgehead atoms. The number of para-hydroxylation sites is 1. The zero-order valence-corrected chi connectivity index (χ0v) is 15.8. The van der Waals surface area contributed by atoms with E-state index in [4.69, 9.17) is 9.47 Å². The van der Waals surface area contributed by atoms with Crippen molar-refractivity contribution in [3.05, 3.63) is 53.9 Å². The molecule has 3 aromatic rings. The molecule has 29 heavy (non-hydrogen) atoms. The van der Waals surface area contributed by atoms with E-state index >= 15 is 0 Å². The van der Waals surface area contributed by atoms with Crippen molar-refractivity contribution in [2.24, 2.45) is 0 Å².